The minimum atomic E-state index is -0.171. The molecule has 32 heavy (non-hydrogen) atoms. The molecule has 0 atom stereocenters. The summed E-state index contributed by atoms with van der Waals surface area (Å²) < 4.78 is 7.23. The molecule has 8 nitrogen and oxygen atoms in total. The third-order valence-electron chi connectivity index (χ3n) is 4.59. The van der Waals surface area contributed by atoms with Gasteiger partial charge >= 0.3 is 0 Å². The van der Waals surface area contributed by atoms with Crippen LogP contribution in [0.5, 0.6) is 5.75 Å². The fraction of sp³-hybridized carbons (Fsp3) is 0.227. The molecule has 10 heteroatoms. The normalized spacial score (nSPS) is 10.8. The van der Waals surface area contributed by atoms with E-state index >= 15 is 0 Å². The molecule has 0 fully saturated rings. The maximum absolute atomic E-state index is 12.5. The van der Waals surface area contributed by atoms with Gasteiger partial charge in [-0.15, -0.1) is 20.4 Å². The molecule has 4 rings (SSSR count). The number of anilines is 1. The Bertz CT molecular complexity index is 1220. The van der Waals surface area contributed by atoms with Gasteiger partial charge in [-0.2, -0.15) is 0 Å². The van der Waals surface area contributed by atoms with E-state index < -0.39 is 0 Å². The van der Waals surface area contributed by atoms with E-state index in [1.54, 1.807) is 7.11 Å². The topological polar surface area (TPSA) is 94.8 Å². The minimum absolute atomic E-state index is 0.170. The standard InChI is InChI=1S/C22H22N6O2S2/c1-4-19-24-26-21(32-19)23-18(29)13-31-22-27-25-20(15-7-5-6-14(2)12-15)28(22)16-8-10-17(30-3)11-9-16/h5-12H,4,13H2,1-3H3,(H,23,26,29). The highest BCUT2D eigenvalue weighted by molar-refractivity contribution is 7.99. The van der Waals surface area contributed by atoms with Crippen LogP contribution in [0.3, 0.4) is 0 Å². The summed E-state index contributed by atoms with van der Waals surface area (Å²) in [5.41, 5.74) is 2.96. The van der Waals surface area contributed by atoms with Gasteiger partial charge in [0.2, 0.25) is 11.0 Å². The van der Waals surface area contributed by atoms with Crippen LogP contribution in [-0.2, 0) is 11.2 Å². The monoisotopic (exact) mass is 466 g/mol. The molecule has 0 saturated carbocycles. The number of carbonyl (C=O) groups is 1. The fourth-order valence-electron chi connectivity index (χ4n) is 3.03. The van der Waals surface area contributed by atoms with Crippen LogP contribution in [0.25, 0.3) is 17.1 Å². The number of hydrogen-bond acceptors (Lipinski definition) is 8. The number of nitrogens with one attached hydrogen (secondary N) is 1. The van der Waals surface area contributed by atoms with Crippen molar-refractivity contribution in [3.05, 3.63) is 59.1 Å². The molecule has 0 saturated heterocycles. The summed E-state index contributed by atoms with van der Waals surface area (Å²) in [6.07, 6.45) is 0.787. The van der Waals surface area contributed by atoms with Crippen molar-refractivity contribution < 1.29 is 9.53 Å². The molecule has 0 bridgehead atoms. The van der Waals surface area contributed by atoms with Crippen LogP contribution in [0.4, 0.5) is 5.13 Å². The summed E-state index contributed by atoms with van der Waals surface area (Å²) in [5, 5.41) is 21.6. The summed E-state index contributed by atoms with van der Waals surface area (Å²) in [4.78, 5) is 12.5. The Morgan fingerprint density at radius 1 is 1.12 bits per heavy atom. The van der Waals surface area contributed by atoms with Crippen LogP contribution in [0.1, 0.15) is 17.5 Å². The Labute approximate surface area is 194 Å². The molecule has 2 aromatic carbocycles. The molecule has 2 heterocycles. The van der Waals surface area contributed by atoms with Gasteiger partial charge in [-0.1, -0.05) is 53.8 Å². The third kappa shape index (κ3) is 4.97. The van der Waals surface area contributed by atoms with Gasteiger partial charge in [0.05, 0.1) is 12.9 Å². The molecule has 1 N–H and O–H groups in total. The number of aromatic nitrogens is 5. The van der Waals surface area contributed by atoms with Gasteiger partial charge < -0.3 is 4.74 Å². The smallest absolute Gasteiger partial charge is 0.236 e. The van der Waals surface area contributed by atoms with Crippen molar-refractivity contribution in [2.24, 2.45) is 0 Å². The number of nitrogens with zero attached hydrogens (tertiary/aromatic N) is 5. The van der Waals surface area contributed by atoms with E-state index in [4.69, 9.17) is 4.74 Å². The second-order valence-corrected chi connectivity index (χ2v) is 8.91. The van der Waals surface area contributed by atoms with Crippen LogP contribution < -0.4 is 10.1 Å². The first-order chi connectivity index (χ1) is 15.6. The van der Waals surface area contributed by atoms with Crippen LogP contribution in [0.2, 0.25) is 0 Å². The number of hydrogen-bond donors (Lipinski definition) is 1. The molecule has 0 radical (unpaired) electrons. The van der Waals surface area contributed by atoms with Crippen LogP contribution in [0.15, 0.2) is 53.7 Å². The first kappa shape index (κ1) is 22.0. The second-order valence-electron chi connectivity index (χ2n) is 6.90. The lowest BCUT2D eigenvalue weighted by Crippen LogP contribution is -2.14. The number of rotatable bonds is 8. The van der Waals surface area contributed by atoms with E-state index in [-0.39, 0.29) is 11.7 Å². The zero-order chi connectivity index (χ0) is 22.5. The number of aryl methyl sites for hydroxylation is 2. The van der Waals surface area contributed by atoms with Crippen LogP contribution in [0, 0.1) is 6.92 Å². The van der Waals surface area contributed by atoms with E-state index in [0.29, 0.717) is 16.1 Å². The molecule has 2 aromatic heterocycles. The molecule has 0 spiro atoms. The predicted molar refractivity (Wildman–Crippen MR) is 127 cm³/mol. The highest BCUT2D eigenvalue weighted by atomic mass is 32.2. The Hall–Kier alpha value is -3.24. The number of thioether (sulfide) groups is 1. The lowest BCUT2D eigenvalue weighted by Gasteiger charge is -2.11. The Kier molecular flexibility index (Phi) is 6.81. The molecule has 164 valence electrons. The van der Waals surface area contributed by atoms with Crippen molar-refractivity contribution >= 4 is 34.1 Å². The first-order valence-electron chi connectivity index (χ1n) is 9.99. The highest BCUT2D eigenvalue weighted by Gasteiger charge is 2.18. The summed E-state index contributed by atoms with van der Waals surface area (Å²) in [6, 6.07) is 15.7. The summed E-state index contributed by atoms with van der Waals surface area (Å²) in [5.74, 6) is 1.47. The molecule has 0 aliphatic carbocycles. The average molecular weight is 467 g/mol. The van der Waals surface area contributed by atoms with Gasteiger partial charge in [-0.05, 0) is 43.7 Å². The van der Waals surface area contributed by atoms with Crippen molar-refractivity contribution in [1.29, 1.82) is 0 Å². The first-order valence-corrected chi connectivity index (χ1v) is 11.8. The third-order valence-corrected chi connectivity index (χ3v) is 6.50. The predicted octanol–water partition coefficient (Wildman–Crippen LogP) is 4.40. The Morgan fingerprint density at radius 3 is 2.62 bits per heavy atom. The quantitative estimate of drug-likeness (QED) is 0.385. The zero-order valence-electron chi connectivity index (χ0n) is 17.9. The largest absolute Gasteiger partial charge is 0.497 e. The maximum Gasteiger partial charge on any atom is 0.236 e. The van der Waals surface area contributed by atoms with Crippen molar-refractivity contribution in [1.82, 2.24) is 25.0 Å². The maximum atomic E-state index is 12.5. The Morgan fingerprint density at radius 2 is 1.94 bits per heavy atom. The molecule has 0 aliphatic rings. The molecular formula is C22H22N6O2S2. The molecule has 0 unspecified atom stereocenters. The van der Waals surface area contributed by atoms with Gasteiger partial charge in [0.1, 0.15) is 10.8 Å². The average Bonchev–Trinajstić information content (AvgIpc) is 3.44. The molecular weight excluding hydrogens is 444 g/mol. The number of ether oxygens (including phenoxy) is 1. The SMILES string of the molecule is CCc1nnc(NC(=O)CSc2nnc(-c3cccc(C)c3)n2-c2ccc(OC)cc2)s1. The van der Waals surface area contributed by atoms with E-state index in [9.17, 15) is 4.79 Å². The second kappa shape index (κ2) is 9.92. The van der Waals surface area contributed by atoms with E-state index in [0.717, 1.165) is 34.0 Å². The van der Waals surface area contributed by atoms with Gasteiger partial charge in [-0.25, -0.2) is 0 Å². The van der Waals surface area contributed by atoms with Crippen LogP contribution >= 0.6 is 23.1 Å². The minimum Gasteiger partial charge on any atom is -0.497 e. The Balaban J connectivity index is 1.60. The van der Waals surface area contributed by atoms with Gasteiger partial charge in [-0.3, -0.25) is 14.7 Å². The molecule has 0 aliphatic heterocycles. The summed E-state index contributed by atoms with van der Waals surface area (Å²) in [7, 11) is 1.63. The number of benzene rings is 2. The zero-order valence-corrected chi connectivity index (χ0v) is 19.5. The van der Waals surface area contributed by atoms with Crippen molar-refractivity contribution in [2.45, 2.75) is 25.4 Å². The number of carbonyl (C=O) groups excluding carboxylic acids is 1. The lowest BCUT2D eigenvalue weighted by atomic mass is 10.1. The van der Waals surface area contributed by atoms with E-state index in [1.807, 2.05) is 60.9 Å². The lowest BCUT2D eigenvalue weighted by molar-refractivity contribution is -0.113. The number of methoxy groups -OCH3 is 1. The van der Waals surface area contributed by atoms with Crippen molar-refractivity contribution in [3.63, 3.8) is 0 Å². The molecule has 1 amide bonds. The highest BCUT2D eigenvalue weighted by Crippen LogP contribution is 2.29. The van der Waals surface area contributed by atoms with Crippen LogP contribution in [-0.4, -0.2) is 43.7 Å². The summed E-state index contributed by atoms with van der Waals surface area (Å²) >= 11 is 2.69. The van der Waals surface area contributed by atoms with E-state index in [2.05, 4.69) is 31.8 Å². The van der Waals surface area contributed by atoms with Crippen molar-refractivity contribution in [3.8, 4) is 22.8 Å². The van der Waals surface area contributed by atoms with Gasteiger partial charge in [0, 0.05) is 11.3 Å². The fourth-order valence-corrected chi connectivity index (χ4v) is 4.48. The van der Waals surface area contributed by atoms with Crippen molar-refractivity contribution in [2.75, 3.05) is 18.2 Å². The molecule has 4 aromatic rings. The van der Waals surface area contributed by atoms with E-state index in [1.165, 1.54) is 23.1 Å². The summed E-state index contributed by atoms with van der Waals surface area (Å²) in [6.45, 7) is 4.04. The van der Waals surface area contributed by atoms with Gasteiger partial charge in [0.15, 0.2) is 11.0 Å². The van der Waals surface area contributed by atoms with Gasteiger partial charge in [0.25, 0.3) is 0 Å². The number of amides is 1.